The second kappa shape index (κ2) is 6.35. The number of hydrogen-bond donors (Lipinski definition) is 1. The minimum atomic E-state index is 0.640. The van der Waals surface area contributed by atoms with E-state index in [1.807, 2.05) is 0 Å². The average molecular weight is 246 g/mol. The SMILES string of the molecule is Cc1ccc(CN2CCC(C)NC(C)CC2)cc1. The zero-order valence-electron chi connectivity index (χ0n) is 11.9. The number of benzene rings is 1. The predicted octanol–water partition coefficient (Wildman–Crippen LogP) is 2.96. The van der Waals surface area contributed by atoms with Crippen molar-refractivity contribution in [1.29, 1.82) is 0 Å². The highest BCUT2D eigenvalue weighted by molar-refractivity contribution is 5.21. The molecule has 1 aromatic carbocycles. The molecule has 0 aromatic heterocycles. The smallest absolute Gasteiger partial charge is 0.0233 e. The molecule has 2 rings (SSSR count). The molecule has 18 heavy (non-hydrogen) atoms. The standard InChI is InChI=1S/C16H26N2/c1-13-4-6-16(7-5-13)12-18-10-8-14(2)17-15(3)9-11-18/h4-7,14-15,17H,8-12H2,1-3H3. The molecule has 1 aromatic rings. The molecule has 0 aliphatic carbocycles. The van der Waals surface area contributed by atoms with Crippen LogP contribution in [0.15, 0.2) is 24.3 Å². The van der Waals surface area contributed by atoms with Gasteiger partial charge in [-0.05, 0) is 52.3 Å². The van der Waals surface area contributed by atoms with Crippen molar-refractivity contribution in [3.8, 4) is 0 Å². The lowest BCUT2D eigenvalue weighted by Gasteiger charge is -2.30. The molecule has 0 bridgehead atoms. The molecule has 1 N–H and O–H groups in total. The second-order valence-corrected chi connectivity index (χ2v) is 5.81. The van der Waals surface area contributed by atoms with Gasteiger partial charge in [-0.2, -0.15) is 0 Å². The molecular formula is C16H26N2. The zero-order valence-corrected chi connectivity index (χ0v) is 11.9. The van der Waals surface area contributed by atoms with Crippen LogP contribution in [-0.2, 0) is 6.54 Å². The molecule has 0 saturated carbocycles. The Morgan fingerprint density at radius 3 is 2.17 bits per heavy atom. The summed E-state index contributed by atoms with van der Waals surface area (Å²) >= 11 is 0. The summed E-state index contributed by atoms with van der Waals surface area (Å²) in [7, 11) is 0. The van der Waals surface area contributed by atoms with Crippen LogP contribution in [0.4, 0.5) is 0 Å². The minimum Gasteiger partial charge on any atom is -0.312 e. The van der Waals surface area contributed by atoms with Crippen LogP contribution in [0.2, 0.25) is 0 Å². The summed E-state index contributed by atoms with van der Waals surface area (Å²) in [6.07, 6.45) is 2.49. The van der Waals surface area contributed by atoms with Crippen molar-refractivity contribution in [1.82, 2.24) is 10.2 Å². The van der Waals surface area contributed by atoms with E-state index in [-0.39, 0.29) is 0 Å². The fourth-order valence-electron chi connectivity index (χ4n) is 2.63. The summed E-state index contributed by atoms with van der Waals surface area (Å²) in [6.45, 7) is 10.2. The van der Waals surface area contributed by atoms with Crippen molar-refractivity contribution < 1.29 is 0 Å². The molecule has 2 atom stereocenters. The predicted molar refractivity (Wildman–Crippen MR) is 77.7 cm³/mol. The monoisotopic (exact) mass is 246 g/mol. The van der Waals surface area contributed by atoms with E-state index in [4.69, 9.17) is 0 Å². The first-order chi connectivity index (χ1) is 8.63. The topological polar surface area (TPSA) is 15.3 Å². The Morgan fingerprint density at radius 1 is 1.06 bits per heavy atom. The van der Waals surface area contributed by atoms with Gasteiger partial charge in [0, 0.05) is 18.6 Å². The first-order valence-electron chi connectivity index (χ1n) is 7.17. The highest BCUT2D eigenvalue weighted by Crippen LogP contribution is 2.11. The molecule has 1 aliphatic heterocycles. The van der Waals surface area contributed by atoms with Crippen LogP contribution in [0.5, 0.6) is 0 Å². The number of nitrogens with one attached hydrogen (secondary N) is 1. The molecule has 1 saturated heterocycles. The van der Waals surface area contributed by atoms with Crippen LogP contribution < -0.4 is 5.32 Å². The minimum absolute atomic E-state index is 0.640. The number of nitrogens with zero attached hydrogens (tertiary/aromatic N) is 1. The van der Waals surface area contributed by atoms with Gasteiger partial charge in [0.15, 0.2) is 0 Å². The average Bonchev–Trinajstić information content (AvgIpc) is 2.33. The quantitative estimate of drug-likeness (QED) is 0.863. The number of rotatable bonds is 2. The summed E-state index contributed by atoms with van der Waals surface area (Å²) < 4.78 is 0. The van der Waals surface area contributed by atoms with Crippen molar-refractivity contribution in [2.45, 2.75) is 52.2 Å². The Bertz CT molecular complexity index is 346. The van der Waals surface area contributed by atoms with Gasteiger partial charge in [-0.3, -0.25) is 4.90 Å². The van der Waals surface area contributed by atoms with Crippen molar-refractivity contribution >= 4 is 0 Å². The first-order valence-corrected chi connectivity index (χ1v) is 7.17. The summed E-state index contributed by atoms with van der Waals surface area (Å²) in [5, 5.41) is 3.65. The maximum Gasteiger partial charge on any atom is 0.0233 e. The maximum atomic E-state index is 3.65. The van der Waals surface area contributed by atoms with E-state index in [0.29, 0.717) is 12.1 Å². The normalized spacial score (nSPS) is 26.6. The van der Waals surface area contributed by atoms with E-state index >= 15 is 0 Å². The lowest BCUT2D eigenvalue weighted by Crippen LogP contribution is -2.42. The van der Waals surface area contributed by atoms with Gasteiger partial charge in [-0.1, -0.05) is 29.8 Å². The van der Waals surface area contributed by atoms with E-state index in [0.717, 1.165) is 6.54 Å². The Morgan fingerprint density at radius 2 is 1.61 bits per heavy atom. The third-order valence-electron chi connectivity index (χ3n) is 3.85. The molecule has 2 nitrogen and oxygen atoms in total. The van der Waals surface area contributed by atoms with Crippen LogP contribution in [0.3, 0.4) is 0 Å². The van der Waals surface area contributed by atoms with Gasteiger partial charge in [0.2, 0.25) is 0 Å². The fraction of sp³-hybridized carbons (Fsp3) is 0.625. The maximum absolute atomic E-state index is 3.65. The van der Waals surface area contributed by atoms with Gasteiger partial charge < -0.3 is 5.32 Å². The number of aryl methyl sites for hydroxylation is 1. The summed E-state index contributed by atoms with van der Waals surface area (Å²) in [5.41, 5.74) is 2.78. The van der Waals surface area contributed by atoms with Gasteiger partial charge in [0.05, 0.1) is 0 Å². The van der Waals surface area contributed by atoms with Gasteiger partial charge >= 0.3 is 0 Å². The van der Waals surface area contributed by atoms with Crippen LogP contribution in [-0.4, -0.2) is 30.1 Å². The third-order valence-corrected chi connectivity index (χ3v) is 3.85. The van der Waals surface area contributed by atoms with Gasteiger partial charge in [0.1, 0.15) is 0 Å². The molecule has 2 unspecified atom stereocenters. The van der Waals surface area contributed by atoms with Crippen LogP contribution in [0.1, 0.15) is 37.8 Å². The Labute approximate surface area is 111 Å². The largest absolute Gasteiger partial charge is 0.312 e. The second-order valence-electron chi connectivity index (χ2n) is 5.81. The molecular weight excluding hydrogens is 220 g/mol. The third kappa shape index (κ3) is 4.11. The van der Waals surface area contributed by atoms with E-state index in [1.165, 1.54) is 37.1 Å². The number of hydrogen-bond acceptors (Lipinski definition) is 2. The van der Waals surface area contributed by atoms with Gasteiger partial charge in [-0.15, -0.1) is 0 Å². The van der Waals surface area contributed by atoms with Crippen LogP contribution in [0, 0.1) is 6.92 Å². The summed E-state index contributed by atoms with van der Waals surface area (Å²) in [6, 6.07) is 10.2. The van der Waals surface area contributed by atoms with Crippen molar-refractivity contribution in [2.75, 3.05) is 13.1 Å². The van der Waals surface area contributed by atoms with E-state index in [9.17, 15) is 0 Å². The van der Waals surface area contributed by atoms with Crippen molar-refractivity contribution in [2.24, 2.45) is 0 Å². The molecule has 100 valence electrons. The summed E-state index contributed by atoms with van der Waals surface area (Å²) in [5.74, 6) is 0. The highest BCUT2D eigenvalue weighted by Gasteiger charge is 2.15. The highest BCUT2D eigenvalue weighted by atomic mass is 15.1. The lowest BCUT2D eigenvalue weighted by molar-refractivity contribution is 0.212. The van der Waals surface area contributed by atoms with Crippen molar-refractivity contribution in [3.05, 3.63) is 35.4 Å². The Hall–Kier alpha value is -0.860. The molecule has 0 spiro atoms. The molecule has 1 heterocycles. The molecule has 2 heteroatoms. The summed E-state index contributed by atoms with van der Waals surface area (Å²) in [4.78, 5) is 2.60. The lowest BCUT2D eigenvalue weighted by atomic mass is 10.1. The van der Waals surface area contributed by atoms with Crippen LogP contribution in [0.25, 0.3) is 0 Å². The Kier molecular flexibility index (Phi) is 4.79. The van der Waals surface area contributed by atoms with Gasteiger partial charge in [0.25, 0.3) is 0 Å². The van der Waals surface area contributed by atoms with Crippen LogP contribution >= 0.6 is 0 Å². The van der Waals surface area contributed by atoms with Gasteiger partial charge in [-0.25, -0.2) is 0 Å². The molecule has 0 radical (unpaired) electrons. The zero-order chi connectivity index (χ0) is 13.0. The molecule has 1 aliphatic rings. The van der Waals surface area contributed by atoms with Crippen molar-refractivity contribution in [3.63, 3.8) is 0 Å². The molecule has 1 fully saturated rings. The fourth-order valence-corrected chi connectivity index (χ4v) is 2.63. The van der Waals surface area contributed by atoms with E-state index in [2.05, 4.69) is 55.3 Å². The first kappa shape index (κ1) is 13.6. The Balaban J connectivity index is 1.93. The molecule has 0 amide bonds. The van der Waals surface area contributed by atoms with E-state index < -0.39 is 0 Å². The van der Waals surface area contributed by atoms with E-state index in [1.54, 1.807) is 0 Å².